The second kappa shape index (κ2) is 6.96. The molecule has 1 aliphatic carbocycles. The normalized spacial score (nSPS) is 30.3. The van der Waals surface area contributed by atoms with Crippen LogP contribution >= 0.6 is 0 Å². The molecule has 0 radical (unpaired) electrons. The molecule has 0 spiro atoms. The molecule has 25 heavy (non-hydrogen) atoms. The summed E-state index contributed by atoms with van der Waals surface area (Å²) in [5, 5.41) is 13.1. The number of piperidine rings is 1. The maximum Gasteiger partial charge on any atom is 0.407 e. The minimum atomic E-state index is -0.505. The minimum Gasteiger partial charge on any atom is -0.444 e. The smallest absolute Gasteiger partial charge is 0.407 e. The van der Waals surface area contributed by atoms with E-state index in [1.165, 1.54) is 5.56 Å². The van der Waals surface area contributed by atoms with Gasteiger partial charge in [0.05, 0.1) is 12.6 Å². The number of rotatable bonds is 4. The molecule has 1 saturated carbocycles. The molecular formula is C20H30N2O3. The van der Waals surface area contributed by atoms with Gasteiger partial charge in [0.15, 0.2) is 0 Å². The number of benzene rings is 1. The molecule has 1 aromatic rings. The molecule has 1 amide bonds. The highest BCUT2D eigenvalue weighted by Crippen LogP contribution is 2.46. The van der Waals surface area contributed by atoms with Crippen molar-refractivity contribution in [3.05, 3.63) is 35.9 Å². The fourth-order valence-corrected chi connectivity index (χ4v) is 4.60. The number of nitrogens with one attached hydrogen (secondary N) is 1. The van der Waals surface area contributed by atoms with E-state index in [2.05, 4.69) is 29.3 Å². The lowest BCUT2D eigenvalue weighted by atomic mass is 9.95. The van der Waals surface area contributed by atoms with E-state index < -0.39 is 5.60 Å². The largest absolute Gasteiger partial charge is 0.444 e. The summed E-state index contributed by atoms with van der Waals surface area (Å²) in [6.07, 6.45) is 1.72. The molecule has 138 valence electrons. The number of carbonyl (C=O) groups is 1. The van der Waals surface area contributed by atoms with E-state index in [4.69, 9.17) is 4.74 Å². The predicted octanol–water partition coefficient (Wildman–Crippen LogP) is 3.10. The Morgan fingerprint density at radius 1 is 1.32 bits per heavy atom. The number of alkyl carbamates (subject to hydrolysis) is 1. The van der Waals surface area contributed by atoms with E-state index in [1.54, 1.807) is 0 Å². The zero-order chi connectivity index (χ0) is 18.2. The van der Waals surface area contributed by atoms with Crippen LogP contribution in [0.15, 0.2) is 30.3 Å². The summed E-state index contributed by atoms with van der Waals surface area (Å²) < 4.78 is 5.44. The topological polar surface area (TPSA) is 61.8 Å². The van der Waals surface area contributed by atoms with Gasteiger partial charge in [-0.05, 0) is 52.0 Å². The van der Waals surface area contributed by atoms with Crippen molar-refractivity contribution in [2.75, 3.05) is 6.61 Å². The van der Waals surface area contributed by atoms with Gasteiger partial charge in [-0.2, -0.15) is 0 Å². The first-order valence-corrected chi connectivity index (χ1v) is 9.24. The molecule has 1 saturated heterocycles. The molecule has 3 rings (SSSR count). The highest BCUT2D eigenvalue weighted by molar-refractivity contribution is 5.68. The lowest BCUT2D eigenvalue weighted by Gasteiger charge is -2.38. The van der Waals surface area contributed by atoms with Gasteiger partial charge in [0, 0.05) is 18.1 Å². The Kier molecular flexibility index (Phi) is 5.07. The molecule has 1 aromatic carbocycles. The number of fused-ring (bicyclic) bond motifs is 2. The van der Waals surface area contributed by atoms with Crippen molar-refractivity contribution in [2.24, 2.45) is 5.92 Å². The molecule has 2 N–H and O–H groups in total. The third-order valence-electron chi connectivity index (χ3n) is 5.53. The second-order valence-corrected chi connectivity index (χ2v) is 8.26. The van der Waals surface area contributed by atoms with Crippen LogP contribution in [0.2, 0.25) is 0 Å². The van der Waals surface area contributed by atoms with Crippen molar-refractivity contribution < 1.29 is 14.6 Å². The molecule has 2 bridgehead atoms. The standard InChI is InChI=1S/C20H30N2O3/c1-13(14-8-6-5-7-9-14)22-16-11-10-15(17(22)12-23)18(16)21-19(24)25-20(2,3)4/h5-9,13,15-18,23H,10-12H2,1-4H3,(H,21,24)/t13-,15?,16?,17?,18?/m0/s1. The first-order chi connectivity index (χ1) is 11.8. The Labute approximate surface area is 150 Å². The van der Waals surface area contributed by atoms with Gasteiger partial charge in [-0.25, -0.2) is 4.79 Å². The van der Waals surface area contributed by atoms with Crippen LogP contribution in [-0.2, 0) is 4.74 Å². The summed E-state index contributed by atoms with van der Waals surface area (Å²) in [6.45, 7) is 7.91. The van der Waals surface area contributed by atoms with Gasteiger partial charge in [0.25, 0.3) is 0 Å². The van der Waals surface area contributed by atoms with Crippen LogP contribution in [0.4, 0.5) is 4.79 Å². The number of carbonyl (C=O) groups excluding carboxylic acids is 1. The molecule has 5 heteroatoms. The van der Waals surface area contributed by atoms with Crippen molar-refractivity contribution in [3.8, 4) is 0 Å². The Hall–Kier alpha value is -1.59. The van der Waals surface area contributed by atoms with E-state index in [9.17, 15) is 9.90 Å². The van der Waals surface area contributed by atoms with Crippen LogP contribution in [0, 0.1) is 5.92 Å². The Bertz CT molecular complexity index is 599. The van der Waals surface area contributed by atoms with E-state index in [0.29, 0.717) is 0 Å². The van der Waals surface area contributed by atoms with Crippen LogP contribution in [-0.4, -0.2) is 46.4 Å². The maximum absolute atomic E-state index is 12.3. The average Bonchev–Trinajstić information content (AvgIpc) is 3.07. The minimum absolute atomic E-state index is 0.0400. The highest BCUT2D eigenvalue weighted by atomic mass is 16.6. The number of hydrogen-bond donors (Lipinski definition) is 2. The number of aliphatic hydroxyl groups is 1. The highest BCUT2D eigenvalue weighted by Gasteiger charge is 2.55. The van der Waals surface area contributed by atoms with Crippen molar-refractivity contribution in [3.63, 3.8) is 0 Å². The predicted molar refractivity (Wildman–Crippen MR) is 97.2 cm³/mol. The van der Waals surface area contributed by atoms with Crippen LogP contribution in [0.1, 0.15) is 52.1 Å². The zero-order valence-corrected chi connectivity index (χ0v) is 15.6. The van der Waals surface area contributed by atoms with Crippen LogP contribution in [0.25, 0.3) is 0 Å². The van der Waals surface area contributed by atoms with Crippen molar-refractivity contribution in [1.82, 2.24) is 10.2 Å². The SMILES string of the molecule is C[C@@H](c1ccccc1)N1C(CO)C2CCC1C2NC(=O)OC(C)(C)C. The van der Waals surface area contributed by atoms with Gasteiger partial charge in [-0.3, -0.25) is 4.90 Å². The molecular weight excluding hydrogens is 316 g/mol. The fourth-order valence-electron chi connectivity index (χ4n) is 4.60. The second-order valence-electron chi connectivity index (χ2n) is 8.26. The summed E-state index contributed by atoms with van der Waals surface area (Å²) in [6, 6.07) is 10.9. The monoisotopic (exact) mass is 346 g/mol. The number of nitrogens with zero attached hydrogens (tertiary/aromatic N) is 1. The molecule has 4 unspecified atom stereocenters. The van der Waals surface area contributed by atoms with Gasteiger partial charge in [0.1, 0.15) is 5.60 Å². The number of aliphatic hydroxyl groups excluding tert-OH is 1. The Balaban J connectivity index is 1.77. The first kappa shape index (κ1) is 18.2. The lowest BCUT2D eigenvalue weighted by molar-refractivity contribution is 0.0475. The van der Waals surface area contributed by atoms with Gasteiger partial charge >= 0.3 is 6.09 Å². The first-order valence-electron chi connectivity index (χ1n) is 9.24. The molecule has 5 nitrogen and oxygen atoms in total. The third kappa shape index (κ3) is 3.67. The molecule has 5 atom stereocenters. The molecule has 1 heterocycles. The number of ether oxygens (including phenoxy) is 1. The van der Waals surface area contributed by atoms with Crippen molar-refractivity contribution >= 4 is 6.09 Å². The van der Waals surface area contributed by atoms with Gasteiger partial charge in [-0.1, -0.05) is 30.3 Å². The van der Waals surface area contributed by atoms with E-state index in [0.717, 1.165) is 12.8 Å². The Morgan fingerprint density at radius 3 is 2.60 bits per heavy atom. The lowest BCUT2D eigenvalue weighted by Crippen LogP contribution is -2.46. The number of amides is 1. The Morgan fingerprint density at radius 2 is 2.00 bits per heavy atom. The number of likely N-dealkylation sites (tertiary alicyclic amines) is 1. The summed E-state index contributed by atoms with van der Waals surface area (Å²) >= 11 is 0. The summed E-state index contributed by atoms with van der Waals surface area (Å²) in [5.41, 5.74) is 0.735. The third-order valence-corrected chi connectivity index (χ3v) is 5.53. The van der Waals surface area contributed by atoms with Crippen LogP contribution in [0.5, 0.6) is 0 Å². The van der Waals surface area contributed by atoms with Gasteiger partial charge in [0.2, 0.25) is 0 Å². The van der Waals surface area contributed by atoms with Gasteiger partial charge in [-0.15, -0.1) is 0 Å². The summed E-state index contributed by atoms with van der Waals surface area (Å²) in [5.74, 6) is 0.272. The number of hydrogen-bond acceptors (Lipinski definition) is 4. The summed E-state index contributed by atoms with van der Waals surface area (Å²) in [4.78, 5) is 14.7. The van der Waals surface area contributed by atoms with Crippen molar-refractivity contribution in [2.45, 2.75) is 70.3 Å². The molecule has 2 fully saturated rings. The molecule has 1 aliphatic heterocycles. The maximum atomic E-state index is 12.3. The quantitative estimate of drug-likeness (QED) is 0.879. The molecule has 2 aliphatic rings. The van der Waals surface area contributed by atoms with Gasteiger partial charge < -0.3 is 15.2 Å². The fraction of sp³-hybridized carbons (Fsp3) is 0.650. The zero-order valence-electron chi connectivity index (χ0n) is 15.6. The average molecular weight is 346 g/mol. The summed E-state index contributed by atoms with van der Waals surface area (Å²) in [7, 11) is 0. The van der Waals surface area contributed by atoms with Crippen LogP contribution in [0.3, 0.4) is 0 Å². The van der Waals surface area contributed by atoms with E-state index in [-0.39, 0.29) is 42.8 Å². The van der Waals surface area contributed by atoms with Crippen LogP contribution < -0.4 is 5.32 Å². The van der Waals surface area contributed by atoms with E-state index >= 15 is 0 Å². The van der Waals surface area contributed by atoms with Crippen molar-refractivity contribution in [1.29, 1.82) is 0 Å². The molecule has 0 aromatic heterocycles. The van der Waals surface area contributed by atoms with E-state index in [1.807, 2.05) is 39.0 Å².